The molecule has 0 amide bonds. The van der Waals surface area contributed by atoms with E-state index in [0.29, 0.717) is 12.5 Å². The van der Waals surface area contributed by atoms with Crippen LogP contribution in [-0.2, 0) is 0 Å². The van der Waals surface area contributed by atoms with Crippen molar-refractivity contribution in [2.75, 3.05) is 23.3 Å². The average molecular weight is 229 g/mol. The molecule has 1 N–H and O–H groups in total. The first-order chi connectivity index (χ1) is 8.36. The maximum atomic E-state index is 8.92. The molecular weight excluding hydrogens is 210 g/mol. The molecule has 3 heteroatoms. The molecule has 1 heterocycles. The summed E-state index contributed by atoms with van der Waals surface area (Å²) in [6, 6.07) is 11.0. The van der Waals surface area contributed by atoms with Crippen LogP contribution < -0.4 is 10.2 Å². The standard InChI is InChI=1S/C14H19N3/c1-2-12(8-9-15)17-11-5-10-16-13-6-3-4-7-14(13)17/h3-4,6-7,12,16H,2,5,8,10-11H2,1H3. The number of hydrogen-bond acceptors (Lipinski definition) is 3. The van der Waals surface area contributed by atoms with Crippen LogP contribution in [0.2, 0.25) is 0 Å². The van der Waals surface area contributed by atoms with E-state index in [-0.39, 0.29) is 0 Å². The summed E-state index contributed by atoms with van der Waals surface area (Å²) in [6.07, 6.45) is 2.74. The molecule has 0 saturated heterocycles. The van der Waals surface area contributed by atoms with Crippen molar-refractivity contribution in [1.82, 2.24) is 0 Å². The zero-order valence-electron chi connectivity index (χ0n) is 10.3. The number of para-hydroxylation sites is 2. The van der Waals surface area contributed by atoms with Gasteiger partial charge in [-0.2, -0.15) is 5.26 Å². The number of anilines is 2. The van der Waals surface area contributed by atoms with Crippen LogP contribution in [0.1, 0.15) is 26.2 Å². The second-order valence-corrected chi connectivity index (χ2v) is 4.42. The largest absolute Gasteiger partial charge is 0.383 e. The van der Waals surface area contributed by atoms with E-state index in [2.05, 4.69) is 47.5 Å². The smallest absolute Gasteiger partial charge is 0.0643 e. The van der Waals surface area contributed by atoms with Gasteiger partial charge in [0.15, 0.2) is 0 Å². The van der Waals surface area contributed by atoms with E-state index in [1.165, 1.54) is 11.4 Å². The third-order valence-electron chi connectivity index (χ3n) is 3.34. The van der Waals surface area contributed by atoms with Gasteiger partial charge in [0.1, 0.15) is 0 Å². The lowest BCUT2D eigenvalue weighted by molar-refractivity contribution is 0.579. The highest BCUT2D eigenvalue weighted by Gasteiger charge is 2.21. The van der Waals surface area contributed by atoms with Crippen LogP contribution in [0.4, 0.5) is 11.4 Å². The van der Waals surface area contributed by atoms with E-state index in [1.807, 2.05) is 0 Å². The summed E-state index contributed by atoms with van der Waals surface area (Å²) in [5.41, 5.74) is 2.44. The maximum absolute atomic E-state index is 8.92. The highest BCUT2D eigenvalue weighted by atomic mass is 15.2. The topological polar surface area (TPSA) is 39.1 Å². The van der Waals surface area contributed by atoms with Crippen molar-refractivity contribution in [2.24, 2.45) is 0 Å². The van der Waals surface area contributed by atoms with Crippen LogP contribution in [0.3, 0.4) is 0 Å². The summed E-state index contributed by atoms with van der Waals surface area (Å²) >= 11 is 0. The molecule has 1 unspecified atom stereocenters. The van der Waals surface area contributed by atoms with Gasteiger partial charge in [-0.1, -0.05) is 19.1 Å². The molecule has 1 aliphatic heterocycles. The first-order valence-corrected chi connectivity index (χ1v) is 6.33. The summed E-state index contributed by atoms with van der Waals surface area (Å²) in [7, 11) is 0. The first-order valence-electron chi connectivity index (χ1n) is 6.33. The quantitative estimate of drug-likeness (QED) is 0.866. The van der Waals surface area contributed by atoms with Crippen molar-refractivity contribution in [2.45, 2.75) is 32.2 Å². The molecule has 0 aromatic heterocycles. The van der Waals surface area contributed by atoms with Crippen LogP contribution in [0, 0.1) is 11.3 Å². The van der Waals surface area contributed by atoms with Gasteiger partial charge in [0.2, 0.25) is 0 Å². The minimum absolute atomic E-state index is 0.334. The Bertz CT molecular complexity index is 408. The minimum Gasteiger partial charge on any atom is -0.383 e. The molecule has 2 rings (SSSR count). The summed E-state index contributed by atoms with van der Waals surface area (Å²) in [5, 5.41) is 12.4. The predicted molar refractivity (Wildman–Crippen MR) is 71.2 cm³/mol. The highest BCUT2D eigenvalue weighted by molar-refractivity contribution is 5.71. The first kappa shape index (κ1) is 11.8. The Morgan fingerprint density at radius 3 is 3.06 bits per heavy atom. The van der Waals surface area contributed by atoms with E-state index in [9.17, 15) is 0 Å². The predicted octanol–water partition coefficient (Wildman–Crippen LogP) is 3.00. The molecule has 1 atom stereocenters. The van der Waals surface area contributed by atoms with Gasteiger partial charge in [-0.25, -0.2) is 0 Å². The van der Waals surface area contributed by atoms with Crippen molar-refractivity contribution in [1.29, 1.82) is 5.26 Å². The van der Waals surface area contributed by atoms with Gasteiger partial charge in [0.25, 0.3) is 0 Å². The lowest BCUT2D eigenvalue weighted by Crippen LogP contribution is -2.35. The zero-order chi connectivity index (χ0) is 12.1. The highest BCUT2D eigenvalue weighted by Crippen LogP contribution is 2.30. The maximum Gasteiger partial charge on any atom is 0.0643 e. The lowest BCUT2D eigenvalue weighted by atomic mass is 10.1. The van der Waals surface area contributed by atoms with E-state index in [4.69, 9.17) is 5.26 Å². The molecule has 0 saturated carbocycles. The van der Waals surface area contributed by atoms with Gasteiger partial charge in [-0.3, -0.25) is 0 Å². The fourth-order valence-electron chi connectivity index (χ4n) is 2.43. The third-order valence-corrected chi connectivity index (χ3v) is 3.34. The molecule has 0 radical (unpaired) electrons. The molecule has 0 spiro atoms. The van der Waals surface area contributed by atoms with Gasteiger partial charge in [-0.05, 0) is 25.0 Å². The molecule has 0 bridgehead atoms. The molecule has 0 aliphatic carbocycles. The molecule has 1 aliphatic rings. The molecule has 3 nitrogen and oxygen atoms in total. The SMILES string of the molecule is CCC(CC#N)N1CCCNc2ccccc21. The van der Waals surface area contributed by atoms with Gasteiger partial charge in [0.05, 0.1) is 23.9 Å². The number of rotatable bonds is 3. The molecule has 1 aromatic rings. The number of nitrogens with zero attached hydrogens (tertiary/aromatic N) is 2. The number of benzene rings is 1. The average Bonchev–Trinajstić information content (AvgIpc) is 2.58. The van der Waals surface area contributed by atoms with E-state index in [1.54, 1.807) is 0 Å². The van der Waals surface area contributed by atoms with E-state index in [0.717, 1.165) is 25.9 Å². The van der Waals surface area contributed by atoms with Gasteiger partial charge in [-0.15, -0.1) is 0 Å². The Labute approximate surface area is 103 Å². The Morgan fingerprint density at radius 2 is 2.29 bits per heavy atom. The fraction of sp³-hybridized carbons (Fsp3) is 0.500. The number of fused-ring (bicyclic) bond motifs is 1. The van der Waals surface area contributed by atoms with Gasteiger partial charge < -0.3 is 10.2 Å². The Morgan fingerprint density at radius 1 is 1.47 bits per heavy atom. The third kappa shape index (κ3) is 2.52. The molecule has 1 aromatic carbocycles. The molecular formula is C14H19N3. The molecule has 90 valence electrons. The second-order valence-electron chi connectivity index (χ2n) is 4.42. The van der Waals surface area contributed by atoms with Crippen molar-refractivity contribution >= 4 is 11.4 Å². The Balaban J connectivity index is 2.30. The lowest BCUT2D eigenvalue weighted by Gasteiger charge is -2.31. The fourth-order valence-corrected chi connectivity index (χ4v) is 2.43. The van der Waals surface area contributed by atoms with Gasteiger partial charge in [0, 0.05) is 19.1 Å². The second kappa shape index (κ2) is 5.58. The summed E-state index contributed by atoms with van der Waals surface area (Å²) in [6.45, 7) is 4.20. The summed E-state index contributed by atoms with van der Waals surface area (Å²) < 4.78 is 0. The van der Waals surface area contributed by atoms with Crippen LogP contribution >= 0.6 is 0 Å². The molecule has 0 fully saturated rings. The minimum atomic E-state index is 0.334. The number of nitriles is 1. The van der Waals surface area contributed by atoms with Crippen molar-refractivity contribution in [3.05, 3.63) is 24.3 Å². The van der Waals surface area contributed by atoms with Crippen LogP contribution in [0.5, 0.6) is 0 Å². The zero-order valence-corrected chi connectivity index (χ0v) is 10.3. The van der Waals surface area contributed by atoms with E-state index >= 15 is 0 Å². The van der Waals surface area contributed by atoms with Crippen molar-refractivity contribution in [3.63, 3.8) is 0 Å². The Hall–Kier alpha value is -1.69. The van der Waals surface area contributed by atoms with Crippen molar-refractivity contribution in [3.8, 4) is 6.07 Å². The Kier molecular flexibility index (Phi) is 3.87. The van der Waals surface area contributed by atoms with Crippen LogP contribution in [0.15, 0.2) is 24.3 Å². The van der Waals surface area contributed by atoms with Crippen LogP contribution in [-0.4, -0.2) is 19.1 Å². The van der Waals surface area contributed by atoms with Crippen LogP contribution in [0.25, 0.3) is 0 Å². The van der Waals surface area contributed by atoms with Crippen molar-refractivity contribution < 1.29 is 0 Å². The van der Waals surface area contributed by atoms with E-state index < -0.39 is 0 Å². The molecule has 17 heavy (non-hydrogen) atoms. The number of hydrogen-bond donors (Lipinski definition) is 1. The monoisotopic (exact) mass is 229 g/mol. The summed E-state index contributed by atoms with van der Waals surface area (Å²) in [5.74, 6) is 0. The number of nitrogens with one attached hydrogen (secondary N) is 1. The van der Waals surface area contributed by atoms with Gasteiger partial charge >= 0.3 is 0 Å². The normalized spacial score (nSPS) is 16.4. The summed E-state index contributed by atoms with van der Waals surface area (Å²) in [4.78, 5) is 2.39.